The van der Waals surface area contributed by atoms with Gasteiger partial charge < -0.3 is 0 Å². The van der Waals surface area contributed by atoms with Gasteiger partial charge in [0.25, 0.3) is 0 Å². The van der Waals surface area contributed by atoms with E-state index in [1.807, 2.05) is 42.1 Å². The Hall–Kier alpha value is -7.06. The highest BCUT2D eigenvalue weighted by Crippen LogP contribution is 2.64. The lowest BCUT2D eigenvalue weighted by molar-refractivity contribution is 0.709. The number of aromatic nitrogens is 2. The van der Waals surface area contributed by atoms with Crippen LogP contribution in [0.25, 0.3) is 50.6 Å². The topological polar surface area (TPSA) is 49.6 Å². The van der Waals surface area contributed by atoms with Crippen molar-refractivity contribution in [2.75, 3.05) is 0 Å². The molecule has 58 heavy (non-hydrogen) atoms. The summed E-state index contributed by atoms with van der Waals surface area (Å²) in [5.74, 6) is 0.797. The van der Waals surface area contributed by atoms with Crippen molar-refractivity contribution in [2.24, 2.45) is 0 Å². The molecular weight excluding hydrogens is 723 g/mol. The van der Waals surface area contributed by atoms with Crippen molar-refractivity contribution in [2.45, 2.75) is 27.5 Å². The Balaban J connectivity index is 1.16. The predicted octanol–water partition coefficient (Wildman–Crippen LogP) is 13.3. The van der Waals surface area contributed by atoms with E-state index < -0.39 is 5.41 Å². The van der Waals surface area contributed by atoms with Gasteiger partial charge in [-0.05, 0) is 92.9 Å². The van der Waals surface area contributed by atoms with E-state index in [9.17, 15) is 5.26 Å². The summed E-state index contributed by atoms with van der Waals surface area (Å²) in [4.78, 5) is 13.1. The Kier molecular flexibility index (Phi) is 8.17. The van der Waals surface area contributed by atoms with Crippen LogP contribution in [0.15, 0.2) is 210 Å². The van der Waals surface area contributed by atoms with Gasteiger partial charge in [-0.3, -0.25) is 0 Å². The van der Waals surface area contributed by atoms with Crippen LogP contribution in [0.4, 0.5) is 0 Å². The molecule has 0 fully saturated rings. The van der Waals surface area contributed by atoms with Gasteiger partial charge >= 0.3 is 0 Å². The maximum absolute atomic E-state index is 9.70. The highest BCUT2D eigenvalue weighted by Gasteiger charge is 2.52. The van der Waals surface area contributed by atoms with E-state index in [4.69, 9.17) is 9.97 Å². The molecule has 2 aliphatic carbocycles. The van der Waals surface area contributed by atoms with Gasteiger partial charge in [-0.2, -0.15) is 5.26 Å². The molecule has 1 atom stereocenters. The van der Waals surface area contributed by atoms with E-state index in [2.05, 4.69) is 170 Å². The first-order valence-corrected chi connectivity index (χ1v) is 20.5. The Morgan fingerprint density at radius 3 is 1.81 bits per heavy atom. The predicted molar refractivity (Wildman–Crippen MR) is 235 cm³/mol. The Morgan fingerprint density at radius 1 is 0.534 bits per heavy atom. The lowest BCUT2D eigenvalue weighted by Gasteiger charge is -2.41. The van der Waals surface area contributed by atoms with Crippen LogP contribution in [0.5, 0.6) is 0 Å². The second kappa shape index (κ2) is 13.8. The minimum absolute atomic E-state index is 0.0952. The first kappa shape index (κ1) is 34.2. The Labute approximate surface area is 342 Å². The molecule has 11 rings (SSSR count). The maximum Gasteiger partial charge on any atom is 0.160 e. The van der Waals surface area contributed by atoms with E-state index in [1.54, 1.807) is 0 Å². The average molecular weight is 758 g/mol. The van der Waals surface area contributed by atoms with Crippen LogP contribution in [-0.2, 0) is 5.41 Å². The van der Waals surface area contributed by atoms with Crippen LogP contribution in [0.2, 0.25) is 0 Å². The fourth-order valence-electron chi connectivity index (χ4n) is 9.43. The normalized spacial score (nSPS) is 15.6. The summed E-state index contributed by atoms with van der Waals surface area (Å²) in [6.45, 7) is 0. The molecule has 1 aromatic heterocycles. The van der Waals surface area contributed by atoms with Crippen LogP contribution >= 0.6 is 11.8 Å². The number of hydrogen-bond donors (Lipinski definition) is 0. The zero-order chi connectivity index (χ0) is 38.6. The number of hydrogen-bond acceptors (Lipinski definition) is 4. The van der Waals surface area contributed by atoms with Gasteiger partial charge in [0.1, 0.15) is 0 Å². The van der Waals surface area contributed by atoms with Crippen LogP contribution in [0.3, 0.4) is 0 Å². The summed E-state index contributed by atoms with van der Waals surface area (Å²) in [6, 6.07) is 67.0. The first-order chi connectivity index (χ1) is 28.7. The second-order valence-corrected chi connectivity index (χ2v) is 16.2. The summed E-state index contributed by atoms with van der Waals surface area (Å²) in [5, 5.41) is 9.70. The van der Waals surface area contributed by atoms with Crippen molar-refractivity contribution >= 4 is 17.3 Å². The first-order valence-electron chi connectivity index (χ1n) is 19.7. The Morgan fingerprint density at radius 2 is 1.14 bits per heavy atom. The number of nitrogens with zero attached hydrogens (tertiary/aromatic N) is 3. The third kappa shape index (κ3) is 5.43. The fraction of sp³-hybridized carbons (Fsp3) is 0.0556. The van der Waals surface area contributed by atoms with Crippen LogP contribution < -0.4 is 0 Å². The minimum atomic E-state index is -0.502. The van der Waals surface area contributed by atoms with Crippen LogP contribution in [0.1, 0.15) is 45.7 Å². The molecule has 2 heterocycles. The molecule has 8 aromatic rings. The smallest absolute Gasteiger partial charge is 0.160 e. The number of rotatable bonds is 5. The Bertz CT molecular complexity index is 2930. The number of benzene rings is 7. The molecule has 0 amide bonds. The van der Waals surface area contributed by atoms with Crippen molar-refractivity contribution in [3.63, 3.8) is 0 Å². The quantitative estimate of drug-likeness (QED) is 0.175. The number of allylic oxidation sites excluding steroid dienone is 4. The molecule has 0 radical (unpaired) electrons. The van der Waals surface area contributed by atoms with Gasteiger partial charge in [0.05, 0.1) is 28.4 Å². The van der Waals surface area contributed by atoms with Crippen molar-refractivity contribution in [3.8, 4) is 51.1 Å². The standard InChI is InChI=1S/C54H35N3S/c55-34-35-14-11-19-38(30-35)39-20-12-21-40(31-39)42-22-13-25-47-52(42)43-32-41(53-56-48(36-15-3-1-4-16-36)33-49(57-53)37-17-5-2-6-18-37)28-29-44(43)54(47)45-23-7-9-26-50(45)58-51-27-10-8-24-46(51)54/h1-21,23-33,42H,22H2. The molecule has 0 N–H and O–H groups in total. The molecule has 7 aromatic carbocycles. The highest BCUT2D eigenvalue weighted by molar-refractivity contribution is 7.99. The third-order valence-corrected chi connectivity index (χ3v) is 13.1. The molecule has 3 aliphatic rings. The summed E-state index contributed by atoms with van der Waals surface area (Å²) >= 11 is 1.87. The summed E-state index contributed by atoms with van der Waals surface area (Å²) < 4.78 is 0. The molecule has 4 heteroatoms. The molecule has 0 bridgehead atoms. The second-order valence-electron chi connectivity index (χ2n) is 15.1. The molecule has 1 aliphatic heterocycles. The van der Waals surface area contributed by atoms with Crippen molar-refractivity contribution in [3.05, 3.63) is 233 Å². The van der Waals surface area contributed by atoms with E-state index in [-0.39, 0.29) is 5.92 Å². The van der Waals surface area contributed by atoms with Crippen molar-refractivity contribution in [1.82, 2.24) is 9.97 Å². The highest BCUT2D eigenvalue weighted by atomic mass is 32.2. The summed E-state index contributed by atoms with van der Waals surface area (Å²) in [6.07, 6.45) is 5.67. The van der Waals surface area contributed by atoms with Gasteiger partial charge in [-0.25, -0.2) is 9.97 Å². The average Bonchev–Trinajstić information content (AvgIpc) is 3.59. The van der Waals surface area contributed by atoms with Crippen molar-refractivity contribution < 1.29 is 0 Å². The molecule has 1 unspecified atom stereocenters. The van der Waals surface area contributed by atoms with E-state index in [1.165, 1.54) is 48.8 Å². The van der Waals surface area contributed by atoms with Gasteiger partial charge in [-0.1, -0.05) is 170 Å². The van der Waals surface area contributed by atoms with E-state index in [0.717, 1.165) is 45.6 Å². The fourth-order valence-corrected chi connectivity index (χ4v) is 10.6. The van der Waals surface area contributed by atoms with Crippen LogP contribution in [0, 0.1) is 11.3 Å². The SMILES string of the molecule is N#Cc1cccc(-c2cccc(C3CC=CC4=C3c3cc(-c5nc(-c6ccccc6)cc(-c6ccccc6)n5)ccc3C43c4ccccc4Sc4ccccc43)c2)c1. The molecule has 0 saturated heterocycles. The molecule has 1 spiro atoms. The van der Waals surface area contributed by atoms with Gasteiger partial charge in [0.15, 0.2) is 5.82 Å². The third-order valence-electron chi connectivity index (χ3n) is 12.0. The number of nitriles is 1. The van der Waals surface area contributed by atoms with E-state index in [0.29, 0.717) is 11.4 Å². The largest absolute Gasteiger partial charge is 0.228 e. The van der Waals surface area contributed by atoms with Gasteiger partial charge in [-0.15, -0.1) is 0 Å². The molecule has 272 valence electrons. The zero-order valence-corrected chi connectivity index (χ0v) is 32.3. The van der Waals surface area contributed by atoms with Gasteiger partial charge in [0, 0.05) is 32.4 Å². The molecule has 0 saturated carbocycles. The van der Waals surface area contributed by atoms with Crippen LogP contribution in [-0.4, -0.2) is 9.97 Å². The van der Waals surface area contributed by atoms with Crippen molar-refractivity contribution in [1.29, 1.82) is 5.26 Å². The minimum Gasteiger partial charge on any atom is -0.228 e. The molecule has 3 nitrogen and oxygen atoms in total. The zero-order valence-electron chi connectivity index (χ0n) is 31.5. The lowest BCUT2D eigenvalue weighted by atomic mass is 9.65. The van der Waals surface area contributed by atoms with E-state index >= 15 is 0 Å². The summed E-state index contributed by atoms with van der Waals surface area (Å²) in [7, 11) is 0. The molecular formula is C54H35N3S. The van der Waals surface area contributed by atoms with Gasteiger partial charge in [0.2, 0.25) is 0 Å². The lowest BCUT2D eigenvalue weighted by Crippen LogP contribution is -2.33. The summed E-state index contributed by atoms with van der Waals surface area (Å²) in [5.41, 5.74) is 16.3. The number of fused-ring (bicyclic) bond motifs is 8. The maximum atomic E-state index is 9.70. The monoisotopic (exact) mass is 757 g/mol.